The highest BCUT2D eigenvalue weighted by Gasteiger charge is 2.26. The Morgan fingerprint density at radius 3 is 2.68 bits per heavy atom. The number of Topliss-reactive ketones (excluding diaryl/α,β-unsaturated/α-hetero) is 1. The molecule has 114 valence electrons. The number of hydrogen-bond donors (Lipinski definition) is 0. The van der Waals surface area contributed by atoms with Crippen molar-refractivity contribution in [2.45, 2.75) is 26.2 Å². The highest BCUT2D eigenvalue weighted by atomic mass is 16.5. The predicted octanol–water partition coefficient (Wildman–Crippen LogP) is 3.38. The molecule has 1 aliphatic heterocycles. The van der Waals surface area contributed by atoms with Gasteiger partial charge in [-0.05, 0) is 30.2 Å². The van der Waals surface area contributed by atoms with Gasteiger partial charge >= 0.3 is 0 Å². The Labute approximate surface area is 129 Å². The van der Waals surface area contributed by atoms with Crippen molar-refractivity contribution in [1.29, 1.82) is 0 Å². The summed E-state index contributed by atoms with van der Waals surface area (Å²) in [7, 11) is 1.59. The highest BCUT2D eigenvalue weighted by Crippen LogP contribution is 2.34. The van der Waals surface area contributed by atoms with Gasteiger partial charge in [0.15, 0.2) is 17.3 Å². The Morgan fingerprint density at radius 1 is 1.18 bits per heavy atom. The Balaban J connectivity index is 1.88. The van der Waals surface area contributed by atoms with Crippen LogP contribution in [-0.4, -0.2) is 19.0 Å². The molecule has 4 nitrogen and oxygen atoms in total. The summed E-state index contributed by atoms with van der Waals surface area (Å²) in [6, 6.07) is 13.5. The Morgan fingerprint density at radius 2 is 1.95 bits per heavy atom. The first-order valence-electron chi connectivity index (χ1n) is 7.22. The molecule has 1 aliphatic rings. The standard InChI is InChI=1S/C18H18O4/c1-12-18(19)15-9-17(16(20-2)8-14(15)11-21-12)22-10-13-6-4-3-5-7-13/h3-9,12H,10-11H2,1-2H3. The van der Waals surface area contributed by atoms with E-state index in [4.69, 9.17) is 14.2 Å². The van der Waals surface area contributed by atoms with E-state index >= 15 is 0 Å². The molecule has 1 unspecified atom stereocenters. The van der Waals surface area contributed by atoms with Crippen LogP contribution in [0, 0.1) is 0 Å². The molecule has 0 aromatic heterocycles. The molecule has 0 aliphatic carbocycles. The van der Waals surface area contributed by atoms with Crippen molar-refractivity contribution in [3.8, 4) is 11.5 Å². The molecule has 2 aromatic rings. The Bertz CT molecular complexity index is 679. The van der Waals surface area contributed by atoms with Gasteiger partial charge in [-0.2, -0.15) is 0 Å². The summed E-state index contributed by atoms with van der Waals surface area (Å²) >= 11 is 0. The molecular formula is C18H18O4. The second-order valence-electron chi connectivity index (χ2n) is 5.25. The zero-order valence-electron chi connectivity index (χ0n) is 12.7. The average molecular weight is 298 g/mol. The fourth-order valence-corrected chi connectivity index (χ4v) is 2.47. The molecule has 1 atom stereocenters. The van der Waals surface area contributed by atoms with E-state index in [9.17, 15) is 4.79 Å². The minimum Gasteiger partial charge on any atom is -0.493 e. The van der Waals surface area contributed by atoms with Gasteiger partial charge in [0.2, 0.25) is 0 Å². The number of carbonyl (C=O) groups excluding carboxylic acids is 1. The van der Waals surface area contributed by atoms with Crippen LogP contribution in [0.2, 0.25) is 0 Å². The first-order valence-corrected chi connectivity index (χ1v) is 7.22. The van der Waals surface area contributed by atoms with E-state index in [1.807, 2.05) is 36.4 Å². The lowest BCUT2D eigenvalue weighted by atomic mass is 9.97. The van der Waals surface area contributed by atoms with E-state index in [2.05, 4.69) is 0 Å². The van der Waals surface area contributed by atoms with Crippen LogP contribution in [-0.2, 0) is 18.0 Å². The van der Waals surface area contributed by atoms with Crippen molar-refractivity contribution in [2.75, 3.05) is 7.11 Å². The maximum Gasteiger partial charge on any atom is 0.191 e. The number of hydrogen-bond acceptors (Lipinski definition) is 4. The number of rotatable bonds is 4. The molecule has 22 heavy (non-hydrogen) atoms. The lowest BCUT2D eigenvalue weighted by molar-refractivity contribution is 0.0335. The molecule has 0 radical (unpaired) electrons. The van der Waals surface area contributed by atoms with E-state index < -0.39 is 6.10 Å². The van der Waals surface area contributed by atoms with Gasteiger partial charge in [0, 0.05) is 5.56 Å². The van der Waals surface area contributed by atoms with Gasteiger partial charge in [0.1, 0.15) is 12.7 Å². The summed E-state index contributed by atoms with van der Waals surface area (Å²) in [4.78, 5) is 12.2. The van der Waals surface area contributed by atoms with E-state index in [1.54, 1.807) is 20.1 Å². The first-order chi connectivity index (χ1) is 10.7. The van der Waals surface area contributed by atoms with Crippen LogP contribution in [0.25, 0.3) is 0 Å². The van der Waals surface area contributed by atoms with Gasteiger partial charge in [0.25, 0.3) is 0 Å². The molecule has 3 rings (SSSR count). The fraction of sp³-hybridized carbons (Fsp3) is 0.278. The molecule has 0 saturated carbocycles. The van der Waals surface area contributed by atoms with Gasteiger partial charge in [0.05, 0.1) is 13.7 Å². The zero-order chi connectivity index (χ0) is 15.5. The van der Waals surface area contributed by atoms with Crippen molar-refractivity contribution in [1.82, 2.24) is 0 Å². The lowest BCUT2D eigenvalue weighted by Gasteiger charge is -2.23. The van der Waals surface area contributed by atoms with Crippen LogP contribution >= 0.6 is 0 Å². The summed E-state index contributed by atoms with van der Waals surface area (Å²) in [5.74, 6) is 1.17. The quantitative estimate of drug-likeness (QED) is 0.868. The molecular weight excluding hydrogens is 280 g/mol. The number of carbonyl (C=O) groups is 1. The molecule has 4 heteroatoms. The first kappa shape index (κ1) is 14.6. The third-order valence-corrected chi connectivity index (χ3v) is 3.75. The second-order valence-corrected chi connectivity index (χ2v) is 5.25. The third kappa shape index (κ3) is 2.83. The lowest BCUT2D eigenvalue weighted by Crippen LogP contribution is -2.27. The molecule has 2 aromatic carbocycles. The summed E-state index contributed by atoms with van der Waals surface area (Å²) in [6.07, 6.45) is -0.414. The smallest absolute Gasteiger partial charge is 0.191 e. The van der Waals surface area contributed by atoms with Gasteiger partial charge in [-0.25, -0.2) is 0 Å². The summed E-state index contributed by atoms with van der Waals surface area (Å²) < 4.78 is 16.7. The van der Waals surface area contributed by atoms with Crippen LogP contribution in [0.4, 0.5) is 0 Å². The molecule has 0 saturated heterocycles. The van der Waals surface area contributed by atoms with Gasteiger partial charge in [-0.1, -0.05) is 30.3 Å². The van der Waals surface area contributed by atoms with Crippen molar-refractivity contribution >= 4 is 5.78 Å². The van der Waals surface area contributed by atoms with Gasteiger partial charge in [-0.3, -0.25) is 4.79 Å². The van der Waals surface area contributed by atoms with Crippen LogP contribution in [0.5, 0.6) is 11.5 Å². The molecule has 0 fully saturated rings. The van der Waals surface area contributed by atoms with E-state index in [0.29, 0.717) is 30.3 Å². The molecule has 0 spiro atoms. The van der Waals surface area contributed by atoms with Crippen LogP contribution in [0.15, 0.2) is 42.5 Å². The number of fused-ring (bicyclic) bond motifs is 1. The maximum absolute atomic E-state index is 12.2. The van der Waals surface area contributed by atoms with E-state index in [0.717, 1.165) is 11.1 Å². The van der Waals surface area contributed by atoms with Crippen LogP contribution in [0.3, 0.4) is 0 Å². The number of benzene rings is 2. The Hall–Kier alpha value is -2.33. The molecule has 1 heterocycles. The largest absolute Gasteiger partial charge is 0.493 e. The van der Waals surface area contributed by atoms with Crippen molar-refractivity contribution in [3.63, 3.8) is 0 Å². The summed E-state index contributed by atoms with van der Waals surface area (Å²) in [5, 5.41) is 0. The fourth-order valence-electron chi connectivity index (χ4n) is 2.47. The zero-order valence-corrected chi connectivity index (χ0v) is 12.7. The molecule has 0 bridgehead atoms. The van der Waals surface area contributed by atoms with Crippen LogP contribution in [0.1, 0.15) is 28.4 Å². The third-order valence-electron chi connectivity index (χ3n) is 3.75. The Kier molecular flexibility index (Phi) is 4.11. The summed E-state index contributed by atoms with van der Waals surface area (Å²) in [6.45, 7) is 2.60. The second kappa shape index (κ2) is 6.20. The van der Waals surface area contributed by atoms with Gasteiger partial charge < -0.3 is 14.2 Å². The minimum absolute atomic E-state index is 0.0199. The number of ketones is 1. The van der Waals surface area contributed by atoms with Gasteiger partial charge in [-0.15, -0.1) is 0 Å². The molecule has 0 amide bonds. The maximum atomic E-state index is 12.2. The summed E-state index contributed by atoms with van der Waals surface area (Å²) in [5.41, 5.74) is 2.56. The average Bonchev–Trinajstić information content (AvgIpc) is 2.57. The minimum atomic E-state index is -0.414. The topological polar surface area (TPSA) is 44.8 Å². The van der Waals surface area contributed by atoms with E-state index in [1.165, 1.54) is 0 Å². The van der Waals surface area contributed by atoms with Crippen molar-refractivity contribution in [2.24, 2.45) is 0 Å². The van der Waals surface area contributed by atoms with Crippen molar-refractivity contribution in [3.05, 3.63) is 59.2 Å². The van der Waals surface area contributed by atoms with Crippen molar-refractivity contribution < 1.29 is 19.0 Å². The highest BCUT2D eigenvalue weighted by molar-refractivity contribution is 6.01. The predicted molar refractivity (Wildman–Crippen MR) is 82.3 cm³/mol. The van der Waals surface area contributed by atoms with E-state index in [-0.39, 0.29) is 5.78 Å². The number of methoxy groups -OCH3 is 1. The SMILES string of the molecule is COc1cc2c(cc1OCc1ccccc1)C(=O)C(C)OC2. The molecule has 0 N–H and O–H groups in total. The normalized spacial score (nSPS) is 17.0. The van der Waals surface area contributed by atoms with Crippen LogP contribution < -0.4 is 9.47 Å². The monoisotopic (exact) mass is 298 g/mol. The number of ether oxygens (including phenoxy) is 3.